The Morgan fingerprint density at radius 2 is 1.75 bits per heavy atom. The molecule has 0 spiro atoms. The van der Waals surface area contributed by atoms with E-state index in [1.165, 1.54) is 25.5 Å². The molecule has 3 nitrogen and oxygen atoms in total. The van der Waals surface area contributed by atoms with E-state index in [1.807, 2.05) is 0 Å². The minimum atomic E-state index is -2.87. The van der Waals surface area contributed by atoms with Gasteiger partial charge >= 0.3 is 0 Å². The van der Waals surface area contributed by atoms with Crippen LogP contribution in [-0.2, 0) is 9.84 Å². The molecule has 2 fully saturated rings. The van der Waals surface area contributed by atoms with Crippen LogP contribution in [0.5, 0.6) is 0 Å². The second-order valence-electron chi connectivity index (χ2n) is 8.09. The van der Waals surface area contributed by atoms with Gasteiger partial charge in [-0.1, -0.05) is 27.2 Å². The summed E-state index contributed by atoms with van der Waals surface area (Å²) in [4.78, 5) is 0. The Balaban J connectivity index is 1.93. The summed E-state index contributed by atoms with van der Waals surface area (Å²) in [6, 6.07) is 0.964. The Morgan fingerprint density at radius 1 is 1.05 bits per heavy atom. The van der Waals surface area contributed by atoms with E-state index >= 15 is 0 Å². The van der Waals surface area contributed by atoms with Gasteiger partial charge in [-0.2, -0.15) is 0 Å². The molecule has 2 saturated carbocycles. The summed E-state index contributed by atoms with van der Waals surface area (Å²) in [5, 5.41) is 3.66. The highest BCUT2D eigenvalue weighted by Gasteiger charge is 2.35. The van der Waals surface area contributed by atoms with Crippen molar-refractivity contribution in [1.29, 1.82) is 0 Å². The van der Waals surface area contributed by atoms with Crippen molar-refractivity contribution in [2.75, 3.05) is 6.26 Å². The third-order valence-corrected chi connectivity index (χ3v) is 6.73. The lowest BCUT2D eigenvalue weighted by molar-refractivity contribution is 0.139. The lowest BCUT2D eigenvalue weighted by atomic mass is 9.70. The standard InChI is InChI=1S/C16H31NO2S/c1-12-8-14(11-16(2,3)10-12)17-13-6-5-7-15(9-13)20(4,18)19/h12-15,17H,5-11H2,1-4H3/t12-,13-,14+,15+/m1/s1. The van der Waals surface area contributed by atoms with Crippen molar-refractivity contribution < 1.29 is 8.42 Å². The van der Waals surface area contributed by atoms with Crippen molar-refractivity contribution in [2.24, 2.45) is 11.3 Å². The predicted molar refractivity (Wildman–Crippen MR) is 84.6 cm³/mol. The van der Waals surface area contributed by atoms with Gasteiger partial charge in [0.1, 0.15) is 9.84 Å². The van der Waals surface area contributed by atoms with Crippen LogP contribution in [0.4, 0.5) is 0 Å². The van der Waals surface area contributed by atoms with Crippen molar-refractivity contribution in [3.63, 3.8) is 0 Å². The van der Waals surface area contributed by atoms with Gasteiger partial charge in [-0.05, 0) is 49.9 Å². The number of sulfone groups is 1. The maximum atomic E-state index is 11.8. The first-order valence-corrected chi connectivity index (χ1v) is 10.1. The van der Waals surface area contributed by atoms with Crippen LogP contribution in [0.1, 0.15) is 65.7 Å². The van der Waals surface area contributed by atoms with Crippen LogP contribution >= 0.6 is 0 Å². The molecule has 0 amide bonds. The van der Waals surface area contributed by atoms with E-state index in [4.69, 9.17) is 0 Å². The summed E-state index contributed by atoms with van der Waals surface area (Å²) in [5.41, 5.74) is 0.417. The Bertz CT molecular complexity index is 430. The minimum absolute atomic E-state index is 0.122. The zero-order valence-electron chi connectivity index (χ0n) is 13.5. The average molecular weight is 301 g/mol. The van der Waals surface area contributed by atoms with Gasteiger partial charge in [0.15, 0.2) is 0 Å². The molecule has 20 heavy (non-hydrogen) atoms. The Hall–Kier alpha value is -0.0900. The van der Waals surface area contributed by atoms with E-state index in [0.717, 1.165) is 31.6 Å². The van der Waals surface area contributed by atoms with E-state index in [9.17, 15) is 8.42 Å². The van der Waals surface area contributed by atoms with Crippen molar-refractivity contribution in [1.82, 2.24) is 5.32 Å². The van der Waals surface area contributed by atoms with Crippen molar-refractivity contribution in [3.8, 4) is 0 Å². The summed E-state index contributed by atoms with van der Waals surface area (Å²) in [5.74, 6) is 0.769. The van der Waals surface area contributed by atoms with Gasteiger partial charge in [-0.15, -0.1) is 0 Å². The van der Waals surface area contributed by atoms with Gasteiger partial charge in [-0.3, -0.25) is 0 Å². The first-order valence-electron chi connectivity index (χ1n) is 8.11. The van der Waals surface area contributed by atoms with Gasteiger partial charge in [-0.25, -0.2) is 8.42 Å². The fraction of sp³-hybridized carbons (Fsp3) is 1.00. The number of hydrogen-bond acceptors (Lipinski definition) is 3. The van der Waals surface area contributed by atoms with Gasteiger partial charge in [0.05, 0.1) is 5.25 Å². The molecule has 0 aromatic carbocycles. The molecule has 0 radical (unpaired) electrons. The topological polar surface area (TPSA) is 46.2 Å². The van der Waals surface area contributed by atoms with E-state index in [1.54, 1.807) is 0 Å². The molecule has 0 aromatic heterocycles. The van der Waals surface area contributed by atoms with Crippen LogP contribution < -0.4 is 5.32 Å². The summed E-state index contributed by atoms with van der Waals surface area (Å²) in [6.45, 7) is 7.06. The summed E-state index contributed by atoms with van der Waals surface area (Å²) in [6.07, 6.45) is 9.00. The largest absolute Gasteiger partial charge is 0.311 e. The maximum Gasteiger partial charge on any atom is 0.150 e. The SMILES string of the molecule is C[C@@H]1C[C@H](N[C@@H]2CCC[C@H](S(C)(=O)=O)C2)CC(C)(C)C1. The Kier molecular flexibility index (Phi) is 4.85. The molecule has 0 aromatic rings. The maximum absolute atomic E-state index is 11.8. The average Bonchev–Trinajstić information content (AvgIpc) is 2.25. The first-order chi connectivity index (χ1) is 9.16. The lowest BCUT2D eigenvalue weighted by Gasteiger charge is -2.42. The molecular weight excluding hydrogens is 270 g/mol. The van der Waals surface area contributed by atoms with E-state index in [0.29, 0.717) is 17.5 Å². The van der Waals surface area contributed by atoms with Crippen LogP contribution in [-0.4, -0.2) is 32.0 Å². The zero-order valence-corrected chi connectivity index (χ0v) is 14.3. The Labute approximate surface area is 124 Å². The number of nitrogens with one attached hydrogen (secondary N) is 1. The highest BCUT2D eigenvalue weighted by atomic mass is 32.2. The van der Waals surface area contributed by atoms with Crippen molar-refractivity contribution in [3.05, 3.63) is 0 Å². The third kappa shape index (κ3) is 4.45. The zero-order chi connectivity index (χ0) is 15.0. The molecule has 2 aliphatic rings. The van der Waals surface area contributed by atoms with Gasteiger partial charge < -0.3 is 5.32 Å². The molecule has 0 heterocycles. The van der Waals surface area contributed by atoms with Gasteiger partial charge in [0.2, 0.25) is 0 Å². The molecular formula is C16H31NO2S. The van der Waals surface area contributed by atoms with Crippen LogP contribution in [0.15, 0.2) is 0 Å². The molecule has 118 valence electrons. The number of hydrogen-bond donors (Lipinski definition) is 1. The molecule has 0 saturated heterocycles. The lowest BCUT2D eigenvalue weighted by Crippen LogP contribution is -2.47. The Morgan fingerprint density at radius 3 is 2.35 bits per heavy atom. The minimum Gasteiger partial charge on any atom is -0.311 e. The van der Waals surface area contributed by atoms with Gasteiger partial charge in [0.25, 0.3) is 0 Å². The normalized spacial score (nSPS) is 38.6. The molecule has 0 bridgehead atoms. The van der Waals surface area contributed by atoms with Crippen molar-refractivity contribution >= 4 is 9.84 Å². The number of rotatable bonds is 3. The third-order valence-electron chi connectivity index (χ3n) is 5.09. The van der Waals surface area contributed by atoms with Crippen LogP contribution in [0.25, 0.3) is 0 Å². The highest BCUT2D eigenvalue weighted by Crippen LogP contribution is 2.39. The molecule has 1 N–H and O–H groups in total. The summed E-state index contributed by atoms with van der Waals surface area (Å²) >= 11 is 0. The fourth-order valence-corrected chi connectivity index (χ4v) is 5.67. The van der Waals surface area contributed by atoms with Crippen LogP contribution in [0.2, 0.25) is 0 Å². The van der Waals surface area contributed by atoms with Gasteiger partial charge in [0, 0.05) is 18.3 Å². The molecule has 2 aliphatic carbocycles. The second kappa shape index (κ2) is 5.96. The predicted octanol–water partition coefficient (Wildman–Crippen LogP) is 3.15. The molecule has 4 heteroatoms. The van der Waals surface area contributed by atoms with E-state index < -0.39 is 9.84 Å². The quantitative estimate of drug-likeness (QED) is 0.871. The van der Waals surface area contributed by atoms with Crippen LogP contribution in [0, 0.1) is 11.3 Å². The van der Waals surface area contributed by atoms with Crippen LogP contribution in [0.3, 0.4) is 0 Å². The smallest absolute Gasteiger partial charge is 0.150 e. The summed E-state index contributed by atoms with van der Waals surface area (Å²) in [7, 11) is -2.87. The molecule has 4 atom stereocenters. The summed E-state index contributed by atoms with van der Waals surface area (Å²) < 4.78 is 23.5. The fourth-order valence-electron chi connectivity index (χ4n) is 4.49. The molecule has 2 rings (SSSR count). The van der Waals surface area contributed by atoms with E-state index in [2.05, 4.69) is 26.1 Å². The second-order valence-corrected chi connectivity index (χ2v) is 10.4. The van der Waals surface area contributed by atoms with Crippen molar-refractivity contribution in [2.45, 2.75) is 83.1 Å². The monoisotopic (exact) mass is 301 g/mol. The molecule has 0 aliphatic heterocycles. The first kappa shape index (κ1) is 16.3. The molecule has 0 unspecified atom stereocenters. The highest BCUT2D eigenvalue weighted by molar-refractivity contribution is 7.91. The van der Waals surface area contributed by atoms with E-state index in [-0.39, 0.29) is 5.25 Å².